The second-order valence-electron chi connectivity index (χ2n) is 8.72. The van der Waals surface area contributed by atoms with Crippen LogP contribution in [0, 0.1) is 18.3 Å². The predicted molar refractivity (Wildman–Crippen MR) is 142 cm³/mol. The molecule has 1 aliphatic heterocycles. The number of ether oxygens (including phenoxy) is 1. The lowest BCUT2D eigenvalue weighted by Gasteiger charge is -2.25. The average Bonchev–Trinajstić information content (AvgIpc) is 3.10. The third kappa shape index (κ3) is 7.81. The first-order valence-electron chi connectivity index (χ1n) is 11.3. The third-order valence-corrected chi connectivity index (χ3v) is 9.39. The van der Waals surface area contributed by atoms with Crippen LogP contribution in [-0.2, 0) is 24.9 Å². The van der Waals surface area contributed by atoms with E-state index in [1.165, 1.54) is 12.2 Å². The van der Waals surface area contributed by atoms with Gasteiger partial charge in [-0.3, -0.25) is 9.13 Å². The maximum absolute atomic E-state index is 12.0. The van der Waals surface area contributed by atoms with Gasteiger partial charge < -0.3 is 39.5 Å². The van der Waals surface area contributed by atoms with E-state index in [9.17, 15) is 29.5 Å². The number of nitrogens with zero attached hydrogens (tertiary/aromatic N) is 3. The standard InChI is InChI=1S/C23H27ClN4O9P2/c1-14(8-9-17-15(2)27-22(24)28-21(17)26-10-16-6-4-3-5-7-16)23(12-25)20(30)19(29)18(37-23)11-36-39(34,35)13-38(31,32)33/h3-9,18-20,29-30H,1,10-11,13H2,2H3,(H,34,35)(H,26,27,28)(H2,31,32,33)/b9-8-/t18-,19-,20-,23+/m1/s1. The van der Waals surface area contributed by atoms with Gasteiger partial charge in [-0.15, -0.1) is 0 Å². The number of aliphatic hydroxyl groups excluding tert-OH is 2. The first-order chi connectivity index (χ1) is 18.2. The Morgan fingerprint density at radius 3 is 2.56 bits per heavy atom. The smallest absolute Gasteiger partial charge is 0.340 e. The van der Waals surface area contributed by atoms with Gasteiger partial charge in [0.25, 0.3) is 0 Å². The summed E-state index contributed by atoms with van der Waals surface area (Å²) in [4.78, 5) is 35.9. The van der Waals surface area contributed by atoms with Gasteiger partial charge in [0.2, 0.25) is 10.9 Å². The summed E-state index contributed by atoms with van der Waals surface area (Å²) < 4.78 is 33.2. The van der Waals surface area contributed by atoms with Crippen LogP contribution in [-0.4, -0.2) is 71.3 Å². The molecule has 1 aromatic carbocycles. The Morgan fingerprint density at radius 1 is 1.28 bits per heavy atom. The highest BCUT2D eigenvalue weighted by atomic mass is 35.5. The molecule has 2 heterocycles. The number of nitriles is 1. The number of nitrogens with one attached hydrogen (secondary N) is 1. The van der Waals surface area contributed by atoms with Crippen LogP contribution >= 0.6 is 26.8 Å². The topological polar surface area (TPSA) is 215 Å². The summed E-state index contributed by atoms with van der Waals surface area (Å²) in [5, 5.41) is 34.2. The number of halogens is 1. The molecule has 1 fully saturated rings. The summed E-state index contributed by atoms with van der Waals surface area (Å²) in [6.45, 7) is 5.07. The lowest BCUT2D eigenvalue weighted by Crippen LogP contribution is -2.43. The van der Waals surface area contributed by atoms with Gasteiger partial charge >= 0.3 is 15.2 Å². The van der Waals surface area contributed by atoms with Crippen molar-refractivity contribution in [2.45, 2.75) is 37.4 Å². The molecule has 0 aliphatic carbocycles. The first kappa shape index (κ1) is 31.1. The van der Waals surface area contributed by atoms with Crippen molar-refractivity contribution in [3.05, 3.63) is 70.7 Å². The van der Waals surface area contributed by atoms with E-state index in [4.69, 9.17) is 26.1 Å². The van der Waals surface area contributed by atoms with Crippen molar-refractivity contribution in [2.75, 3.05) is 17.8 Å². The Morgan fingerprint density at radius 2 is 1.95 bits per heavy atom. The highest BCUT2D eigenvalue weighted by Gasteiger charge is 2.56. The molecule has 6 N–H and O–H groups in total. The molecule has 1 aliphatic rings. The number of hydrogen-bond acceptors (Lipinski definition) is 10. The maximum Gasteiger partial charge on any atom is 0.340 e. The second kappa shape index (κ2) is 12.4. The van der Waals surface area contributed by atoms with Crippen molar-refractivity contribution in [1.29, 1.82) is 5.26 Å². The van der Waals surface area contributed by atoms with Crippen LogP contribution < -0.4 is 5.32 Å². The zero-order valence-electron chi connectivity index (χ0n) is 20.6. The van der Waals surface area contributed by atoms with Gasteiger partial charge in [0.05, 0.1) is 12.3 Å². The minimum absolute atomic E-state index is 0.00738. The molecule has 1 saturated heterocycles. The fraction of sp³-hybridized carbons (Fsp3) is 0.348. The molecule has 1 aromatic heterocycles. The Labute approximate surface area is 229 Å². The molecule has 0 spiro atoms. The number of benzene rings is 1. The van der Waals surface area contributed by atoms with Gasteiger partial charge in [-0.25, -0.2) is 9.97 Å². The van der Waals surface area contributed by atoms with Crippen molar-refractivity contribution in [1.82, 2.24) is 9.97 Å². The molecular weight excluding hydrogens is 574 g/mol. The summed E-state index contributed by atoms with van der Waals surface area (Å²) in [5.41, 5.74) is -0.291. The predicted octanol–water partition coefficient (Wildman–Crippen LogP) is 2.34. The average molecular weight is 601 g/mol. The highest BCUT2D eigenvalue weighted by molar-refractivity contribution is 7.70. The molecule has 0 saturated carbocycles. The summed E-state index contributed by atoms with van der Waals surface area (Å²) in [6.07, 6.45) is -2.21. The van der Waals surface area contributed by atoms with Crippen molar-refractivity contribution in [3.63, 3.8) is 0 Å². The number of anilines is 1. The number of aliphatic hydroxyl groups is 2. The van der Waals surface area contributed by atoms with E-state index < -0.39 is 51.6 Å². The van der Waals surface area contributed by atoms with E-state index in [1.807, 2.05) is 30.3 Å². The molecule has 0 amide bonds. The van der Waals surface area contributed by atoms with Gasteiger partial charge in [-0.1, -0.05) is 43.0 Å². The van der Waals surface area contributed by atoms with E-state index in [2.05, 4.69) is 26.4 Å². The van der Waals surface area contributed by atoms with Crippen molar-refractivity contribution in [2.24, 2.45) is 0 Å². The lowest BCUT2D eigenvalue weighted by molar-refractivity contribution is -0.0328. The minimum atomic E-state index is -4.89. The molecule has 2 aromatic rings. The van der Waals surface area contributed by atoms with E-state index >= 15 is 0 Å². The number of rotatable bonds is 11. The Kier molecular flexibility index (Phi) is 9.86. The van der Waals surface area contributed by atoms with Crippen LogP contribution in [0.2, 0.25) is 5.28 Å². The van der Waals surface area contributed by atoms with Gasteiger partial charge in [-0.2, -0.15) is 5.26 Å². The van der Waals surface area contributed by atoms with Crippen LogP contribution in [0.1, 0.15) is 16.8 Å². The molecule has 1 unspecified atom stereocenters. The lowest BCUT2D eigenvalue weighted by atomic mass is 9.88. The fourth-order valence-corrected chi connectivity index (χ4v) is 6.60. The normalized spacial score (nSPS) is 24.8. The first-order valence-corrected chi connectivity index (χ1v) is 15.3. The van der Waals surface area contributed by atoms with Crippen LogP contribution in [0.25, 0.3) is 6.08 Å². The van der Waals surface area contributed by atoms with Gasteiger partial charge in [0.15, 0.2) is 5.90 Å². The Hall–Kier alpha value is -2.46. The van der Waals surface area contributed by atoms with Crippen molar-refractivity contribution < 1.29 is 43.3 Å². The van der Waals surface area contributed by atoms with E-state index in [0.29, 0.717) is 23.6 Å². The Bertz CT molecular complexity index is 1380. The summed E-state index contributed by atoms with van der Waals surface area (Å²) in [6, 6.07) is 11.3. The van der Waals surface area contributed by atoms with E-state index in [-0.39, 0.29) is 10.9 Å². The van der Waals surface area contributed by atoms with Crippen molar-refractivity contribution >= 4 is 38.7 Å². The number of aryl methyl sites for hydroxylation is 1. The molecule has 0 bridgehead atoms. The summed E-state index contributed by atoms with van der Waals surface area (Å²) in [7, 11) is -9.66. The molecular formula is C23H27ClN4O9P2. The highest BCUT2D eigenvalue weighted by Crippen LogP contribution is 2.55. The van der Waals surface area contributed by atoms with Crippen molar-refractivity contribution in [3.8, 4) is 6.07 Å². The number of aromatic nitrogens is 2. The van der Waals surface area contributed by atoms with E-state index in [0.717, 1.165) is 5.56 Å². The minimum Gasteiger partial charge on any atom is -0.387 e. The number of hydrogen-bond donors (Lipinski definition) is 6. The summed E-state index contributed by atoms with van der Waals surface area (Å²) >= 11 is 6.04. The summed E-state index contributed by atoms with van der Waals surface area (Å²) in [5.74, 6) is -1.07. The monoisotopic (exact) mass is 600 g/mol. The van der Waals surface area contributed by atoms with Crippen LogP contribution in [0.3, 0.4) is 0 Å². The van der Waals surface area contributed by atoms with Gasteiger partial charge in [0.1, 0.15) is 30.2 Å². The van der Waals surface area contributed by atoms with Crippen LogP contribution in [0.5, 0.6) is 0 Å². The molecule has 5 atom stereocenters. The molecule has 3 rings (SSSR count). The second-order valence-corrected chi connectivity index (χ2v) is 13.0. The molecule has 16 heteroatoms. The van der Waals surface area contributed by atoms with E-state index in [1.54, 1.807) is 13.0 Å². The third-order valence-electron chi connectivity index (χ3n) is 5.77. The van der Waals surface area contributed by atoms with Gasteiger partial charge in [0, 0.05) is 12.1 Å². The molecule has 210 valence electrons. The zero-order chi connectivity index (χ0) is 29.0. The molecule has 0 radical (unpaired) electrons. The fourth-order valence-electron chi connectivity index (χ4n) is 3.82. The zero-order valence-corrected chi connectivity index (χ0v) is 23.1. The quantitative estimate of drug-likeness (QED) is 0.124. The largest absolute Gasteiger partial charge is 0.387 e. The Balaban J connectivity index is 1.80. The maximum atomic E-state index is 12.0. The van der Waals surface area contributed by atoms with Crippen LogP contribution in [0.4, 0.5) is 5.82 Å². The molecule has 39 heavy (non-hydrogen) atoms. The van der Waals surface area contributed by atoms with Gasteiger partial charge in [-0.05, 0) is 35.7 Å². The molecule has 13 nitrogen and oxygen atoms in total. The SMILES string of the molecule is C=C(/C=C\c1c(C)nc(Cl)nc1NCc1ccccc1)[C@]1(C#N)O[C@H](COP(=O)(O)CP(=O)(O)O)[C@@H](O)[C@H]1O. The van der Waals surface area contributed by atoms with Crippen LogP contribution in [0.15, 0.2) is 48.6 Å².